The largest absolute Gasteiger partial charge is 0.475 e. The molecule has 0 radical (unpaired) electrons. The molecule has 38 heteroatoms. The number of Topliss-reactive ketones (excluding diaryl/α,β-unsaturated/α-hetero) is 2. The maximum atomic E-state index is 13.6. The van der Waals surface area contributed by atoms with Gasteiger partial charge in [0.05, 0.1) is 64.1 Å². The molecule has 0 aliphatic heterocycles. The van der Waals surface area contributed by atoms with Crippen LogP contribution >= 0.6 is 12.4 Å². The van der Waals surface area contributed by atoms with Crippen LogP contribution in [0.2, 0.25) is 18.1 Å². The summed E-state index contributed by atoms with van der Waals surface area (Å²) >= 11 is 0. The SMILES string of the molecule is Cc1cc(CCC(=O)Cc2cc(C(F)(F)F)nc(OCCO)c2C)nnc1-c1cn(C)nc1C(F)(F)F.Cc1cc(CCC(=O)Cc2cc(C(F)(F)F)nc(OCCO[Si](C)(C)C(C)(C)C)c2C)nnc1-c1cn(C)nc1C(F)(F)F.Cc1cc(CN)nnc1-c1cn(C)nc1C(F)(F)F.Cl. The minimum absolute atomic E-state index is 0. The van der Waals surface area contributed by atoms with Crippen molar-refractivity contribution in [2.24, 2.45) is 26.9 Å². The lowest BCUT2D eigenvalue weighted by Gasteiger charge is -2.36. The van der Waals surface area contributed by atoms with Crippen molar-refractivity contribution in [3.8, 4) is 45.5 Å². The van der Waals surface area contributed by atoms with Gasteiger partial charge in [-0.3, -0.25) is 23.6 Å². The first-order valence-electron chi connectivity index (χ1n) is 30.4. The van der Waals surface area contributed by atoms with Crippen LogP contribution in [-0.4, -0.2) is 121 Å². The van der Waals surface area contributed by atoms with E-state index in [4.69, 9.17) is 24.7 Å². The number of aliphatic hydroxyl groups is 1. The van der Waals surface area contributed by atoms with Gasteiger partial charge >= 0.3 is 30.9 Å². The molecule has 552 valence electrons. The second-order valence-electron chi connectivity index (χ2n) is 24.6. The van der Waals surface area contributed by atoms with Gasteiger partial charge in [-0.25, -0.2) is 9.97 Å². The number of rotatable bonds is 22. The molecule has 0 saturated carbocycles. The van der Waals surface area contributed by atoms with Crippen LogP contribution in [0.25, 0.3) is 33.8 Å². The molecule has 0 bridgehead atoms. The minimum Gasteiger partial charge on any atom is -0.475 e. The van der Waals surface area contributed by atoms with Gasteiger partial charge in [-0.15, -0.1) is 27.7 Å². The number of ketones is 2. The predicted octanol–water partition coefficient (Wildman–Crippen LogP) is 13.2. The molecule has 0 fully saturated rings. The molecule has 0 saturated heterocycles. The Balaban J connectivity index is 0.000000291. The second-order valence-corrected chi connectivity index (χ2v) is 29.5. The molecule has 0 aliphatic carbocycles. The van der Waals surface area contributed by atoms with Crippen LogP contribution in [0.15, 0.2) is 48.9 Å². The summed E-state index contributed by atoms with van der Waals surface area (Å²) in [6.07, 6.45) is -20.4. The Morgan fingerprint density at radius 1 is 0.495 bits per heavy atom. The fourth-order valence-electron chi connectivity index (χ4n) is 9.52. The molecule has 0 unspecified atom stereocenters. The lowest BCUT2D eigenvalue weighted by Crippen LogP contribution is -2.41. The smallest absolute Gasteiger partial charge is 0.435 e. The second kappa shape index (κ2) is 33.1. The first-order chi connectivity index (χ1) is 46.1. The summed E-state index contributed by atoms with van der Waals surface area (Å²) in [6.45, 7) is 17.8. The van der Waals surface area contributed by atoms with Crippen molar-refractivity contribution >= 4 is 32.3 Å². The molecule has 3 N–H and O–H groups in total. The van der Waals surface area contributed by atoms with Crippen molar-refractivity contribution in [1.29, 1.82) is 0 Å². The topological polar surface area (TPSA) is 265 Å². The summed E-state index contributed by atoms with van der Waals surface area (Å²) in [5, 5.41) is 42.6. The number of ether oxygens (including phenoxy) is 2. The van der Waals surface area contributed by atoms with Gasteiger partial charge in [-0.2, -0.15) is 96.4 Å². The maximum absolute atomic E-state index is 13.6. The van der Waals surface area contributed by atoms with Crippen LogP contribution in [0, 0.1) is 34.6 Å². The number of aromatic nitrogens is 14. The van der Waals surface area contributed by atoms with Crippen molar-refractivity contribution in [2.45, 2.75) is 149 Å². The van der Waals surface area contributed by atoms with Crippen molar-refractivity contribution < 1.29 is 94.5 Å². The summed E-state index contributed by atoms with van der Waals surface area (Å²) in [6, 6.07) is 6.28. The third-order valence-electron chi connectivity index (χ3n) is 15.6. The summed E-state index contributed by atoms with van der Waals surface area (Å²) in [7, 11) is 2.06. The Kier molecular flexibility index (Phi) is 27.2. The molecule has 101 heavy (non-hydrogen) atoms. The molecule has 0 aromatic carbocycles. The normalized spacial score (nSPS) is 12.3. The fourth-order valence-corrected chi connectivity index (χ4v) is 10.5. The van der Waals surface area contributed by atoms with E-state index in [2.05, 4.69) is 89.7 Å². The molecular formula is C63H73ClF15N15O6Si. The highest BCUT2D eigenvalue weighted by Crippen LogP contribution is 2.41. The number of carbonyl (C=O) groups is 2. The van der Waals surface area contributed by atoms with E-state index in [1.54, 1.807) is 33.8 Å². The zero-order valence-corrected chi connectivity index (χ0v) is 58.6. The summed E-state index contributed by atoms with van der Waals surface area (Å²) in [4.78, 5) is 32.6. The Morgan fingerprint density at radius 3 is 1.12 bits per heavy atom. The van der Waals surface area contributed by atoms with Crippen LogP contribution in [0.4, 0.5) is 65.9 Å². The van der Waals surface area contributed by atoms with Crippen LogP contribution in [0.5, 0.6) is 11.8 Å². The third kappa shape index (κ3) is 22.2. The molecule has 0 spiro atoms. The van der Waals surface area contributed by atoms with Crippen LogP contribution in [0.1, 0.15) is 118 Å². The monoisotopic (exact) mass is 1480 g/mol. The van der Waals surface area contributed by atoms with E-state index in [1.165, 1.54) is 58.8 Å². The van der Waals surface area contributed by atoms with Crippen molar-refractivity contribution in [3.63, 3.8) is 0 Å². The molecule has 21 nitrogen and oxygen atoms in total. The van der Waals surface area contributed by atoms with Gasteiger partial charge in [0, 0.05) is 83.1 Å². The number of carbonyl (C=O) groups excluding carboxylic acids is 2. The first-order valence-corrected chi connectivity index (χ1v) is 33.3. The van der Waals surface area contributed by atoms with Crippen LogP contribution in [0.3, 0.4) is 0 Å². The molecule has 8 aromatic rings. The highest BCUT2D eigenvalue weighted by molar-refractivity contribution is 6.74. The zero-order chi connectivity index (χ0) is 75.0. The van der Waals surface area contributed by atoms with E-state index >= 15 is 0 Å². The minimum atomic E-state index is -4.77. The van der Waals surface area contributed by atoms with Gasteiger partial charge in [0.2, 0.25) is 11.8 Å². The summed E-state index contributed by atoms with van der Waals surface area (Å²) in [5.74, 6) is -1.30. The average Bonchev–Trinajstić information content (AvgIpc) is 1.71. The van der Waals surface area contributed by atoms with Gasteiger partial charge in [-0.1, -0.05) is 20.8 Å². The van der Waals surface area contributed by atoms with E-state index in [0.29, 0.717) is 39.3 Å². The molecule has 8 aromatic heterocycles. The molecule has 0 amide bonds. The third-order valence-corrected chi connectivity index (χ3v) is 20.2. The molecule has 8 rings (SSSR count). The van der Waals surface area contributed by atoms with Gasteiger partial charge in [0.25, 0.3) is 0 Å². The number of hydrogen-bond donors (Lipinski definition) is 2. The van der Waals surface area contributed by atoms with E-state index < -0.39 is 80.1 Å². The van der Waals surface area contributed by atoms with E-state index in [0.717, 1.165) is 26.2 Å². The summed E-state index contributed by atoms with van der Waals surface area (Å²) < 4.78 is 219. The van der Waals surface area contributed by atoms with Crippen molar-refractivity contribution in [3.05, 3.63) is 133 Å². The number of nitrogens with two attached hydrogens (primary N) is 1. The van der Waals surface area contributed by atoms with E-state index in [-0.39, 0.29) is 150 Å². The number of pyridine rings is 2. The number of alkyl halides is 15. The number of hydrogen-bond acceptors (Lipinski definition) is 18. The number of nitrogens with zero attached hydrogens (tertiary/aromatic N) is 14. The van der Waals surface area contributed by atoms with Gasteiger partial charge in [0.15, 0.2) is 25.4 Å². The quantitative estimate of drug-likeness (QED) is 0.0363. The summed E-state index contributed by atoms with van der Waals surface area (Å²) in [5.41, 5.74) is 2.87. The van der Waals surface area contributed by atoms with E-state index in [9.17, 15) is 75.4 Å². The van der Waals surface area contributed by atoms with Crippen molar-refractivity contribution in [2.75, 3.05) is 26.4 Å². The van der Waals surface area contributed by atoms with Gasteiger partial charge in [-0.05, 0) is 124 Å². The van der Waals surface area contributed by atoms with Crippen molar-refractivity contribution in [1.82, 2.24) is 69.9 Å². The van der Waals surface area contributed by atoms with Crippen LogP contribution < -0.4 is 15.2 Å². The van der Waals surface area contributed by atoms with Crippen LogP contribution in [-0.2, 0) is 98.3 Å². The number of aliphatic hydroxyl groups excluding tert-OH is 1. The predicted molar refractivity (Wildman–Crippen MR) is 340 cm³/mol. The van der Waals surface area contributed by atoms with E-state index in [1.807, 2.05) is 0 Å². The molecular weight excluding hydrogens is 1410 g/mol. The molecule has 0 aliphatic rings. The standard InChI is InChI=1S/C29H37F6N5O3Si.C23H23F6N5O3.C11H12F3N5.ClH/c1-17-13-20(37-38-24(17)22-16-40(6)39-25(22)29(33,34)35)9-10-21(41)14-19-15-23(28(30,31)32)36-26(18(19)2)42-11-12-43-44(7,8)27(3,4)5;1-12-8-15(31-32-19(12)17-11-34(3)33-20(17)23(27,28)29)4-5-16(36)9-14-10-18(22(24,25)26)30-21(13(14)2)37-7-6-35;1-6-3-7(4-15)16-17-9(6)8-5-19(2)18-10(8)11(12,13)14;/h13,15-16H,9-12,14H2,1-8H3;8,10-11,35H,4-7,9H2,1-3H3;3,5H,4,15H2,1-2H3;1H. The Hall–Kier alpha value is -8.55. The highest BCUT2D eigenvalue weighted by atomic mass is 35.5. The van der Waals surface area contributed by atoms with Gasteiger partial charge < -0.3 is 24.7 Å². The first kappa shape index (κ1) is 83.1. The zero-order valence-electron chi connectivity index (χ0n) is 56.8. The lowest BCUT2D eigenvalue weighted by atomic mass is 10.00. The molecule has 0 atom stereocenters. The van der Waals surface area contributed by atoms with Gasteiger partial charge in [0.1, 0.15) is 36.2 Å². The Bertz CT molecular complexity index is 4200. The average molecular weight is 1480 g/mol. The maximum Gasteiger partial charge on any atom is 0.435 e. The Labute approximate surface area is 576 Å². The Morgan fingerprint density at radius 2 is 0.822 bits per heavy atom. The molecule has 8 heterocycles. The highest BCUT2D eigenvalue weighted by Gasteiger charge is 2.42. The number of aryl methyl sites for hydroxylation is 8. The lowest BCUT2D eigenvalue weighted by molar-refractivity contribution is -0.142. The fraction of sp³-hybridized carbons (Fsp3) is 0.476. The number of halogens is 16.